The van der Waals surface area contributed by atoms with Crippen molar-refractivity contribution < 1.29 is 14.5 Å². The van der Waals surface area contributed by atoms with Crippen molar-refractivity contribution in [3.63, 3.8) is 0 Å². The minimum absolute atomic E-state index is 0.0542. The molecule has 0 fully saturated rings. The molecule has 0 saturated carbocycles. The van der Waals surface area contributed by atoms with Gasteiger partial charge in [0, 0.05) is 7.05 Å². The summed E-state index contributed by atoms with van der Waals surface area (Å²) in [6, 6.07) is 0. The lowest BCUT2D eigenvalue weighted by atomic mass is 10.3. The monoisotopic (exact) mass is 229 g/mol. The minimum Gasteiger partial charge on any atom is -0.391 e. The number of hydrogen-bond acceptors (Lipinski definition) is 4. The highest BCUT2D eigenvalue weighted by Gasteiger charge is 2.26. The fraction of sp³-hybridized carbons (Fsp3) is 0.667. The third kappa shape index (κ3) is 2.77. The highest BCUT2D eigenvalue weighted by Crippen LogP contribution is 2.18. The third-order valence-electron chi connectivity index (χ3n) is 2.49. The first-order valence-corrected chi connectivity index (χ1v) is 4.95. The van der Waals surface area contributed by atoms with E-state index < -0.39 is 4.92 Å². The molecule has 0 bridgehead atoms. The zero-order chi connectivity index (χ0) is 12.3. The number of rotatable bonds is 5. The van der Waals surface area contributed by atoms with Crippen molar-refractivity contribution in [3.8, 4) is 0 Å². The van der Waals surface area contributed by atoms with Gasteiger partial charge in [0.25, 0.3) is 0 Å². The second-order valence-electron chi connectivity index (χ2n) is 4.42. The van der Waals surface area contributed by atoms with Crippen LogP contribution < -0.4 is 0 Å². The van der Waals surface area contributed by atoms with Crippen molar-refractivity contribution >= 4 is 5.82 Å². The zero-order valence-electron chi connectivity index (χ0n) is 9.75. The van der Waals surface area contributed by atoms with E-state index in [0.29, 0.717) is 23.3 Å². The molecule has 0 aliphatic carbocycles. The lowest BCUT2D eigenvalue weighted by Crippen LogP contribution is -2.41. The van der Waals surface area contributed by atoms with Crippen LogP contribution in [0, 0.1) is 10.1 Å². The van der Waals surface area contributed by atoms with Crippen molar-refractivity contribution in [2.45, 2.75) is 6.54 Å². The summed E-state index contributed by atoms with van der Waals surface area (Å²) in [6.45, 7) is 1.06. The zero-order valence-corrected chi connectivity index (χ0v) is 9.75. The Morgan fingerprint density at radius 2 is 2.25 bits per heavy atom. The van der Waals surface area contributed by atoms with E-state index >= 15 is 0 Å². The van der Waals surface area contributed by atoms with Gasteiger partial charge in [0.1, 0.15) is 13.1 Å². The topological polar surface area (TPSA) is 81.2 Å². The maximum Gasteiger partial charge on any atom is 0.390 e. The highest BCUT2D eigenvalue weighted by molar-refractivity contribution is 5.26. The number of aryl methyl sites for hydroxylation is 1. The van der Waals surface area contributed by atoms with Crippen molar-refractivity contribution in [2.24, 2.45) is 7.05 Å². The van der Waals surface area contributed by atoms with E-state index in [0.717, 1.165) is 0 Å². The first-order valence-electron chi connectivity index (χ1n) is 4.95. The Kier molecular flexibility index (Phi) is 3.61. The SMILES string of the molecule is Cn1cnc([N+](=O)[O-])c1C[N+](C)(C)CCO. The molecule has 0 unspecified atom stereocenters. The number of imidazole rings is 1. The van der Waals surface area contributed by atoms with Crippen LogP contribution in [0.15, 0.2) is 6.33 Å². The average molecular weight is 229 g/mol. The van der Waals surface area contributed by atoms with Gasteiger partial charge in [-0.3, -0.25) is 0 Å². The number of aliphatic hydroxyl groups excluding tert-OH is 1. The normalized spacial score (nSPS) is 11.8. The third-order valence-corrected chi connectivity index (χ3v) is 2.49. The Hall–Kier alpha value is -1.47. The first kappa shape index (κ1) is 12.6. The second-order valence-corrected chi connectivity index (χ2v) is 4.42. The van der Waals surface area contributed by atoms with Crippen LogP contribution in [-0.2, 0) is 13.6 Å². The van der Waals surface area contributed by atoms with Crippen LogP contribution >= 0.6 is 0 Å². The van der Waals surface area contributed by atoms with Crippen LogP contribution in [-0.4, -0.2) is 51.3 Å². The van der Waals surface area contributed by atoms with Crippen molar-refractivity contribution in [3.05, 3.63) is 22.1 Å². The van der Waals surface area contributed by atoms with Gasteiger partial charge in [-0.2, -0.15) is 0 Å². The maximum absolute atomic E-state index is 10.8. The van der Waals surface area contributed by atoms with E-state index in [4.69, 9.17) is 5.11 Å². The molecule has 1 aromatic heterocycles. The van der Waals surface area contributed by atoms with Crippen LogP contribution in [0.3, 0.4) is 0 Å². The molecule has 1 rings (SSSR count). The number of hydrogen-bond donors (Lipinski definition) is 1. The van der Waals surface area contributed by atoms with E-state index in [-0.39, 0.29) is 12.4 Å². The number of aliphatic hydroxyl groups is 1. The van der Waals surface area contributed by atoms with E-state index in [1.165, 1.54) is 6.33 Å². The second kappa shape index (κ2) is 4.58. The maximum atomic E-state index is 10.8. The predicted molar refractivity (Wildman–Crippen MR) is 57.6 cm³/mol. The van der Waals surface area contributed by atoms with Crippen LogP contribution in [0.5, 0.6) is 0 Å². The molecule has 7 nitrogen and oxygen atoms in total. The number of quaternary nitrogens is 1. The molecule has 0 saturated heterocycles. The molecular formula is C9H17N4O3+. The first-order chi connectivity index (χ1) is 7.37. The summed E-state index contributed by atoms with van der Waals surface area (Å²) in [4.78, 5) is 14.0. The minimum atomic E-state index is -0.478. The van der Waals surface area contributed by atoms with Gasteiger partial charge in [0.2, 0.25) is 6.33 Å². The molecule has 0 aromatic carbocycles. The standard InChI is InChI=1S/C9H17N4O3/c1-11-7-10-9(12(15)16)8(11)6-13(2,3)4-5-14/h7,14H,4-6H2,1-3H3/q+1. The van der Waals surface area contributed by atoms with E-state index in [9.17, 15) is 10.1 Å². The van der Waals surface area contributed by atoms with Gasteiger partial charge in [-0.25, -0.2) is 0 Å². The number of nitrogens with zero attached hydrogens (tertiary/aromatic N) is 4. The Morgan fingerprint density at radius 1 is 1.62 bits per heavy atom. The van der Waals surface area contributed by atoms with Crippen molar-refractivity contribution in [2.75, 3.05) is 27.2 Å². The smallest absolute Gasteiger partial charge is 0.390 e. The molecule has 1 heterocycles. The molecule has 0 spiro atoms. The molecule has 7 heteroatoms. The fourth-order valence-electron chi connectivity index (χ4n) is 1.53. The molecule has 0 radical (unpaired) electrons. The molecule has 1 N–H and O–H groups in total. The Labute approximate surface area is 93.7 Å². The van der Waals surface area contributed by atoms with Gasteiger partial charge in [0.15, 0.2) is 5.69 Å². The number of nitro groups is 1. The lowest BCUT2D eigenvalue weighted by molar-refractivity contribution is -0.904. The largest absolute Gasteiger partial charge is 0.391 e. The van der Waals surface area contributed by atoms with E-state index in [2.05, 4.69) is 4.98 Å². The molecule has 0 atom stereocenters. The number of likely N-dealkylation sites (N-methyl/N-ethyl adjacent to an activating group) is 1. The van der Waals surface area contributed by atoms with E-state index in [1.807, 2.05) is 14.1 Å². The van der Waals surface area contributed by atoms with Crippen molar-refractivity contribution in [1.29, 1.82) is 0 Å². The number of aromatic nitrogens is 2. The van der Waals surface area contributed by atoms with E-state index in [1.54, 1.807) is 11.6 Å². The highest BCUT2D eigenvalue weighted by atomic mass is 16.6. The summed E-state index contributed by atoms with van der Waals surface area (Å²) in [5.74, 6) is -0.105. The van der Waals surface area contributed by atoms with Crippen molar-refractivity contribution in [1.82, 2.24) is 9.55 Å². The molecular weight excluding hydrogens is 212 g/mol. The Balaban J connectivity index is 2.95. The predicted octanol–water partition coefficient (Wildman–Crippen LogP) is -0.103. The van der Waals surface area contributed by atoms with Gasteiger partial charge in [-0.1, -0.05) is 0 Å². The van der Waals surface area contributed by atoms with Crippen LogP contribution in [0.4, 0.5) is 5.82 Å². The molecule has 16 heavy (non-hydrogen) atoms. The summed E-state index contributed by atoms with van der Waals surface area (Å²) in [6.07, 6.45) is 1.44. The molecule has 0 aliphatic rings. The van der Waals surface area contributed by atoms with Gasteiger partial charge < -0.3 is 24.3 Å². The lowest BCUT2D eigenvalue weighted by Gasteiger charge is -2.28. The summed E-state index contributed by atoms with van der Waals surface area (Å²) in [5, 5.41) is 19.7. The molecule has 90 valence electrons. The van der Waals surface area contributed by atoms with Crippen LogP contribution in [0.1, 0.15) is 5.69 Å². The van der Waals surface area contributed by atoms with Gasteiger partial charge in [-0.15, -0.1) is 0 Å². The molecule has 1 aromatic rings. The van der Waals surface area contributed by atoms with Gasteiger partial charge in [0.05, 0.1) is 20.7 Å². The molecule has 0 aliphatic heterocycles. The quantitative estimate of drug-likeness (QED) is 0.434. The Morgan fingerprint density at radius 3 is 2.75 bits per heavy atom. The fourth-order valence-corrected chi connectivity index (χ4v) is 1.53. The Bertz CT molecular complexity index is 386. The summed E-state index contributed by atoms with van der Waals surface area (Å²) in [7, 11) is 5.55. The average Bonchev–Trinajstić information content (AvgIpc) is 2.47. The molecule has 0 amide bonds. The summed E-state index contributed by atoms with van der Waals surface area (Å²) in [5.41, 5.74) is 0.573. The van der Waals surface area contributed by atoms with Crippen LogP contribution in [0.2, 0.25) is 0 Å². The van der Waals surface area contributed by atoms with Gasteiger partial charge >= 0.3 is 5.82 Å². The summed E-state index contributed by atoms with van der Waals surface area (Å²) >= 11 is 0. The van der Waals surface area contributed by atoms with Crippen LogP contribution in [0.25, 0.3) is 0 Å². The van der Waals surface area contributed by atoms with Gasteiger partial charge in [-0.05, 0) is 9.91 Å². The summed E-state index contributed by atoms with van der Waals surface area (Å²) < 4.78 is 2.13.